The second-order valence-electron chi connectivity index (χ2n) is 6.07. The summed E-state index contributed by atoms with van der Waals surface area (Å²) in [7, 11) is 0. The lowest BCUT2D eigenvalue weighted by Crippen LogP contribution is -2.50. The molecule has 116 valence electrons. The van der Waals surface area contributed by atoms with Crippen molar-refractivity contribution >= 4 is 6.09 Å². The highest BCUT2D eigenvalue weighted by atomic mass is 19.1. The zero-order valence-electron chi connectivity index (χ0n) is 12.6. The summed E-state index contributed by atoms with van der Waals surface area (Å²) in [5.41, 5.74) is -0.576. The molecular formula is C15H21FN2O3. The Morgan fingerprint density at radius 3 is 2.62 bits per heavy atom. The average Bonchev–Trinajstić information content (AvgIpc) is 2.40. The van der Waals surface area contributed by atoms with Crippen molar-refractivity contribution < 1.29 is 18.7 Å². The predicted octanol–water partition coefficient (Wildman–Crippen LogP) is 2.81. The highest BCUT2D eigenvalue weighted by molar-refractivity contribution is 5.68. The number of hydrogen-bond donors (Lipinski definition) is 0. The number of ether oxygens (including phenoxy) is 2. The first kappa shape index (κ1) is 15.5. The molecule has 1 fully saturated rings. The number of hydrogen-bond acceptors (Lipinski definition) is 4. The van der Waals surface area contributed by atoms with Crippen LogP contribution in [0.15, 0.2) is 24.5 Å². The van der Waals surface area contributed by atoms with Gasteiger partial charge in [-0.3, -0.25) is 4.98 Å². The first-order valence-corrected chi connectivity index (χ1v) is 7.04. The van der Waals surface area contributed by atoms with Gasteiger partial charge in [-0.1, -0.05) is 0 Å². The van der Waals surface area contributed by atoms with Gasteiger partial charge in [0.2, 0.25) is 0 Å². The summed E-state index contributed by atoms with van der Waals surface area (Å²) in [5.74, 6) is 0.586. The average molecular weight is 296 g/mol. The van der Waals surface area contributed by atoms with Crippen LogP contribution in [0.2, 0.25) is 0 Å². The Balaban J connectivity index is 1.89. The summed E-state index contributed by atoms with van der Waals surface area (Å²) in [6.07, 6.45) is 1.36. The zero-order chi connectivity index (χ0) is 15.5. The van der Waals surface area contributed by atoms with Crippen molar-refractivity contribution in [1.29, 1.82) is 0 Å². The lowest BCUT2D eigenvalue weighted by molar-refractivity contribution is -0.0105. The van der Waals surface area contributed by atoms with Crippen LogP contribution >= 0.6 is 0 Å². The van der Waals surface area contributed by atoms with Crippen molar-refractivity contribution in [3.63, 3.8) is 0 Å². The maximum atomic E-state index is 14.2. The number of aromatic nitrogens is 1. The molecule has 0 unspecified atom stereocenters. The fourth-order valence-electron chi connectivity index (χ4n) is 2.10. The van der Waals surface area contributed by atoms with Gasteiger partial charge < -0.3 is 14.4 Å². The zero-order valence-corrected chi connectivity index (χ0v) is 12.6. The van der Waals surface area contributed by atoms with Crippen LogP contribution in [0.3, 0.4) is 0 Å². The molecule has 1 aliphatic rings. The van der Waals surface area contributed by atoms with E-state index in [0.717, 1.165) is 0 Å². The van der Waals surface area contributed by atoms with Crippen LogP contribution in [-0.2, 0) is 4.74 Å². The molecule has 2 heterocycles. The number of nitrogens with zero attached hydrogens (tertiary/aromatic N) is 2. The molecule has 0 aromatic carbocycles. The van der Waals surface area contributed by atoms with E-state index in [1.54, 1.807) is 45.3 Å². The largest absolute Gasteiger partial charge is 0.487 e. The van der Waals surface area contributed by atoms with E-state index < -0.39 is 24.0 Å². The number of amides is 1. The molecule has 0 saturated carbocycles. The second kappa shape index (κ2) is 6.28. The van der Waals surface area contributed by atoms with Gasteiger partial charge in [-0.05, 0) is 32.9 Å². The second-order valence-corrected chi connectivity index (χ2v) is 6.07. The minimum atomic E-state index is -1.24. The van der Waals surface area contributed by atoms with Crippen molar-refractivity contribution in [2.24, 2.45) is 0 Å². The van der Waals surface area contributed by atoms with Gasteiger partial charge in [-0.15, -0.1) is 0 Å². The summed E-state index contributed by atoms with van der Waals surface area (Å²) in [6, 6.07) is 3.37. The van der Waals surface area contributed by atoms with E-state index in [1.807, 2.05) is 0 Å². The molecule has 0 N–H and O–H groups in total. The van der Waals surface area contributed by atoms with Crippen LogP contribution in [0.1, 0.15) is 27.2 Å². The quantitative estimate of drug-likeness (QED) is 0.842. The summed E-state index contributed by atoms with van der Waals surface area (Å²) >= 11 is 0. The van der Waals surface area contributed by atoms with Crippen molar-refractivity contribution in [3.05, 3.63) is 24.5 Å². The molecule has 2 atom stereocenters. The van der Waals surface area contributed by atoms with E-state index in [2.05, 4.69) is 4.98 Å². The van der Waals surface area contributed by atoms with Crippen molar-refractivity contribution in [1.82, 2.24) is 9.88 Å². The summed E-state index contributed by atoms with van der Waals surface area (Å²) < 4.78 is 25.0. The van der Waals surface area contributed by atoms with E-state index in [4.69, 9.17) is 9.47 Å². The van der Waals surface area contributed by atoms with Gasteiger partial charge in [0.1, 0.15) is 17.5 Å². The van der Waals surface area contributed by atoms with E-state index in [-0.39, 0.29) is 6.54 Å². The Kier molecular flexibility index (Phi) is 4.65. The molecule has 0 aliphatic carbocycles. The van der Waals surface area contributed by atoms with Gasteiger partial charge in [-0.2, -0.15) is 0 Å². The Labute approximate surface area is 124 Å². The van der Waals surface area contributed by atoms with Crippen LogP contribution in [0.25, 0.3) is 0 Å². The number of carbonyl (C=O) groups is 1. The molecule has 0 spiro atoms. The minimum Gasteiger partial charge on any atom is -0.487 e. The number of halogens is 1. The lowest BCUT2D eigenvalue weighted by atomic mass is 10.1. The SMILES string of the molecule is CC(C)(C)OC(=O)N1CC[C@@H](Oc2ccncc2)[C@H](F)C1. The van der Waals surface area contributed by atoms with Gasteiger partial charge >= 0.3 is 6.09 Å². The van der Waals surface area contributed by atoms with E-state index >= 15 is 0 Å². The Bertz CT molecular complexity index is 476. The lowest BCUT2D eigenvalue weighted by Gasteiger charge is -2.35. The van der Waals surface area contributed by atoms with Gasteiger partial charge in [0, 0.05) is 25.4 Å². The topological polar surface area (TPSA) is 51.7 Å². The Hall–Kier alpha value is -1.85. The van der Waals surface area contributed by atoms with Gasteiger partial charge in [-0.25, -0.2) is 9.18 Å². The predicted molar refractivity (Wildman–Crippen MR) is 76.0 cm³/mol. The van der Waals surface area contributed by atoms with Crippen molar-refractivity contribution in [2.75, 3.05) is 13.1 Å². The molecule has 1 aromatic rings. The number of likely N-dealkylation sites (tertiary alicyclic amines) is 1. The summed E-state index contributed by atoms with van der Waals surface area (Å²) in [5, 5.41) is 0. The molecule has 0 radical (unpaired) electrons. The van der Waals surface area contributed by atoms with Crippen LogP contribution in [0.5, 0.6) is 5.75 Å². The van der Waals surface area contributed by atoms with Gasteiger partial charge in [0.25, 0.3) is 0 Å². The highest BCUT2D eigenvalue weighted by Crippen LogP contribution is 2.22. The number of piperidine rings is 1. The Morgan fingerprint density at radius 2 is 2.05 bits per heavy atom. The molecular weight excluding hydrogens is 275 g/mol. The molecule has 21 heavy (non-hydrogen) atoms. The molecule has 5 nitrogen and oxygen atoms in total. The first-order chi connectivity index (χ1) is 9.85. The molecule has 1 amide bonds. The van der Waals surface area contributed by atoms with E-state index in [9.17, 15) is 9.18 Å². The van der Waals surface area contributed by atoms with E-state index in [1.165, 1.54) is 4.90 Å². The maximum Gasteiger partial charge on any atom is 0.410 e. The number of pyridine rings is 1. The third kappa shape index (κ3) is 4.58. The monoisotopic (exact) mass is 296 g/mol. The maximum absolute atomic E-state index is 14.2. The molecule has 1 aromatic heterocycles. The van der Waals surface area contributed by atoms with Gasteiger partial charge in [0.15, 0.2) is 6.17 Å². The summed E-state index contributed by atoms with van der Waals surface area (Å²) in [6.45, 7) is 5.78. The molecule has 1 aliphatic heterocycles. The summed E-state index contributed by atoms with van der Waals surface area (Å²) in [4.78, 5) is 17.2. The van der Waals surface area contributed by atoms with Crippen molar-refractivity contribution in [2.45, 2.75) is 45.1 Å². The third-order valence-corrected chi connectivity index (χ3v) is 3.07. The first-order valence-electron chi connectivity index (χ1n) is 7.04. The number of alkyl halides is 1. The van der Waals surface area contributed by atoms with Crippen LogP contribution in [0, 0.1) is 0 Å². The fourth-order valence-corrected chi connectivity index (χ4v) is 2.10. The third-order valence-electron chi connectivity index (χ3n) is 3.07. The molecule has 1 saturated heterocycles. The molecule has 2 rings (SSSR count). The van der Waals surface area contributed by atoms with E-state index in [0.29, 0.717) is 18.7 Å². The standard InChI is InChI=1S/C15H21FN2O3/c1-15(2,3)21-14(19)18-9-6-13(12(16)10-18)20-11-4-7-17-8-5-11/h4-5,7-8,12-13H,6,9-10H2,1-3H3/t12-,13-/m1/s1. The minimum absolute atomic E-state index is 0.00926. The van der Waals surface area contributed by atoms with Gasteiger partial charge in [0.05, 0.1) is 6.54 Å². The van der Waals surface area contributed by atoms with Crippen molar-refractivity contribution in [3.8, 4) is 5.75 Å². The highest BCUT2D eigenvalue weighted by Gasteiger charge is 2.34. The molecule has 0 bridgehead atoms. The molecule has 6 heteroatoms. The van der Waals surface area contributed by atoms with Crippen LogP contribution in [0.4, 0.5) is 9.18 Å². The number of rotatable bonds is 2. The number of carbonyl (C=O) groups excluding carboxylic acids is 1. The fraction of sp³-hybridized carbons (Fsp3) is 0.600. The smallest absolute Gasteiger partial charge is 0.410 e. The van der Waals surface area contributed by atoms with Crippen LogP contribution < -0.4 is 4.74 Å². The normalized spacial score (nSPS) is 22.8. The van der Waals surface area contributed by atoms with Crippen LogP contribution in [-0.4, -0.2) is 46.9 Å². The Morgan fingerprint density at radius 1 is 1.38 bits per heavy atom.